The molecule has 0 bridgehead atoms. The molecular formula is C13H8ClN3O3S. The molecule has 8 heteroatoms. The SMILES string of the molecule is O=C(O)C=Cc1c(Oc2cncc(Cl)c2)nc2sccn12. The molecule has 0 unspecified atom stereocenters. The molecule has 0 fully saturated rings. The Morgan fingerprint density at radius 2 is 2.33 bits per heavy atom. The molecule has 0 aliphatic carbocycles. The summed E-state index contributed by atoms with van der Waals surface area (Å²) < 4.78 is 7.40. The number of thiazole rings is 1. The van der Waals surface area contributed by atoms with E-state index in [1.54, 1.807) is 16.7 Å². The fraction of sp³-hybridized carbons (Fsp3) is 0. The van der Waals surface area contributed by atoms with E-state index in [0.717, 1.165) is 6.08 Å². The second-order valence-corrected chi connectivity index (χ2v) is 5.28. The maximum atomic E-state index is 10.7. The number of fused-ring (bicyclic) bond motifs is 1. The summed E-state index contributed by atoms with van der Waals surface area (Å²) in [6.07, 6.45) is 7.25. The third-order valence-electron chi connectivity index (χ3n) is 2.54. The molecule has 0 radical (unpaired) electrons. The van der Waals surface area contributed by atoms with Crippen LogP contribution in [-0.4, -0.2) is 25.4 Å². The maximum absolute atomic E-state index is 10.7. The molecule has 1 N–H and O–H groups in total. The molecular weight excluding hydrogens is 314 g/mol. The number of hydrogen-bond donors (Lipinski definition) is 1. The quantitative estimate of drug-likeness (QED) is 0.746. The Labute approximate surface area is 127 Å². The fourth-order valence-corrected chi connectivity index (χ4v) is 2.60. The van der Waals surface area contributed by atoms with Crippen LogP contribution in [0, 0.1) is 0 Å². The lowest BCUT2D eigenvalue weighted by atomic mass is 10.4. The van der Waals surface area contributed by atoms with Gasteiger partial charge in [0.2, 0.25) is 5.88 Å². The zero-order valence-electron chi connectivity index (χ0n) is 10.4. The molecule has 0 aromatic carbocycles. The number of aromatic nitrogens is 3. The molecule has 0 spiro atoms. The molecule has 0 aliphatic heterocycles. The van der Waals surface area contributed by atoms with Crippen LogP contribution in [0.4, 0.5) is 0 Å². The van der Waals surface area contributed by atoms with Crippen molar-refractivity contribution in [3.63, 3.8) is 0 Å². The first-order valence-electron chi connectivity index (χ1n) is 5.78. The van der Waals surface area contributed by atoms with E-state index in [0.29, 0.717) is 27.3 Å². The summed E-state index contributed by atoms with van der Waals surface area (Å²) in [5, 5.41) is 11.1. The highest BCUT2D eigenvalue weighted by molar-refractivity contribution is 7.15. The highest BCUT2D eigenvalue weighted by atomic mass is 35.5. The van der Waals surface area contributed by atoms with E-state index >= 15 is 0 Å². The van der Waals surface area contributed by atoms with Crippen molar-refractivity contribution in [2.75, 3.05) is 0 Å². The van der Waals surface area contributed by atoms with Crippen LogP contribution in [0.25, 0.3) is 11.0 Å². The molecule has 3 aromatic rings. The van der Waals surface area contributed by atoms with E-state index in [-0.39, 0.29) is 0 Å². The van der Waals surface area contributed by atoms with Gasteiger partial charge in [-0.15, -0.1) is 11.3 Å². The zero-order valence-corrected chi connectivity index (χ0v) is 12.0. The average molecular weight is 322 g/mol. The topological polar surface area (TPSA) is 76.7 Å². The number of aliphatic carboxylic acids is 1. The Bertz CT molecular complexity index is 840. The molecule has 0 saturated carbocycles. The van der Waals surface area contributed by atoms with Crippen molar-refractivity contribution >= 4 is 39.9 Å². The van der Waals surface area contributed by atoms with Gasteiger partial charge >= 0.3 is 5.97 Å². The van der Waals surface area contributed by atoms with Crippen molar-refractivity contribution in [1.29, 1.82) is 0 Å². The minimum Gasteiger partial charge on any atom is -0.478 e. The van der Waals surface area contributed by atoms with Crippen molar-refractivity contribution in [1.82, 2.24) is 14.4 Å². The van der Waals surface area contributed by atoms with Gasteiger partial charge < -0.3 is 9.84 Å². The van der Waals surface area contributed by atoms with Gasteiger partial charge in [0.1, 0.15) is 11.4 Å². The van der Waals surface area contributed by atoms with Gasteiger partial charge in [-0.3, -0.25) is 9.38 Å². The van der Waals surface area contributed by atoms with Crippen LogP contribution < -0.4 is 4.74 Å². The standard InChI is InChI=1S/C13H8ClN3O3S/c14-8-5-9(7-15-6-8)20-12-10(1-2-11(18)19)17-3-4-21-13(17)16-12/h1-7H,(H,18,19). The number of pyridine rings is 1. The van der Waals surface area contributed by atoms with Crippen molar-refractivity contribution in [2.24, 2.45) is 0 Å². The van der Waals surface area contributed by atoms with E-state index in [1.807, 2.05) is 5.38 Å². The first kappa shape index (κ1) is 13.6. The maximum Gasteiger partial charge on any atom is 0.328 e. The van der Waals surface area contributed by atoms with Gasteiger partial charge in [-0.25, -0.2) is 4.79 Å². The Kier molecular flexibility index (Phi) is 3.59. The average Bonchev–Trinajstić information content (AvgIpc) is 2.97. The zero-order chi connectivity index (χ0) is 14.8. The van der Waals surface area contributed by atoms with Crippen molar-refractivity contribution in [3.8, 4) is 11.6 Å². The van der Waals surface area contributed by atoms with Crippen LogP contribution in [-0.2, 0) is 4.79 Å². The van der Waals surface area contributed by atoms with Crippen LogP contribution in [0.5, 0.6) is 11.6 Å². The van der Waals surface area contributed by atoms with Crippen LogP contribution in [0.2, 0.25) is 5.02 Å². The fourth-order valence-electron chi connectivity index (χ4n) is 1.72. The van der Waals surface area contributed by atoms with Gasteiger partial charge in [0.25, 0.3) is 0 Å². The Morgan fingerprint density at radius 1 is 1.48 bits per heavy atom. The van der Waals surface area contributed by atoms with E-state index in [9.17, 15) is 4.79 Å². The van der Waals surface area contributed by atoms with Crippen LogP contribution >= 0.6 is 22.9 Å². The Hall–Kier alpha value is -2.38. The second kappa shape index (κ2) is 5.55. The summed E-state index contributed by atoms with van der Waals surface area (Å²) in [6.45, 7) is 0. The van der Waals surface area contributed by atoms with Crippen LogP contribution in [0.3, 0.4) is 0 Å². The third-order valence-corrected chi connectivity index (χ3v) is 3.51. The number of imidazole rings is 1. The first-order valence-corrected chi connectivity index (χ1v) is 7.04. The van der Waals surface area contributed by atoms with Crippen LogP contribution in [0.15, 0.2) is 36.1 Å². The van der Waals surface area contributed by atoms with Crippen molar-refractivity contribution < 1.29 is 14.6 Å². The molecule has 21 heavy (non-hydrogen) atoms. The third kappa shape index (κ3) is 2.88. The minimum atomic E-state index is -1.05. The van der Waals surface area contributed by atoms with Gasteiger partial charge in [-0.1, -0.05) is 11.6 Å². The second-order valence-electron chi connectivity index (χ2n) is 3.97. The van der Waals surface area contributed by atoms with E-state index in [4.69, 9.17) is 21.4 Å². The van der Waals surface area contributed by atoms with Gasteiger partial charge in [-0.2, -0.15) is 4.98 Å². The van der Waals surface area contributed by atoms with Crippen LogP contribution in [0.1, 0.15) is 5.69 Å². The number of halogens is 1. The summed E-state index contributed by atoms with van der Waals surface area (Å²) in [4.78, 5) is 19.6. The molecule has 3 heterocycles. The Morgan fingerprint density at radius 3 is 3.10 bits per heavy atom. The molecule has 6 nitrogen and oxygen atoms in total. The first-order chi connectivity index (χ1) is 10.1. The lowest BCUT2D eigenvalue weighted by molar-refractivity contribution is -0.131. The highest BCUT2D eigenvalue weighted by Crippen LogP contribution is 2.29. The number of ether oxygens (including phenoxy) is 1. The van der Waals surface area contributed by atoms with Gasteiger partial charge in [0, 0.05) is 29.9 Å². The van der Waals surface area contributed by atoms with Gasteiger partial charge in [-0.05, 0) is 6.08 Å². The lowest BCUT2D eigenvalue weighted by Crippen LogP contribution is -1.91. The number of nitrogens with zero attached hydrogens (tertiary/aromatic N) is 3. The summed E-state index contributed by atoms with van der Waals surface area (Å²) in [5.74, 6) is -0.322. The Balaban J connectivity index is 2.03. The number of carboxylic acids is 1. The van der Waals surface area contributed by atoms with Crippen molar-refractivity contribution in [3.05, 3.63) is 46.8 Å². The normalized spacial score (nSPS) is 11.3. The molecule has 0 aliphatic rings. The summed E-state index contributed by atoms with van der Waals surface area (Å²) in [7, 11) is 0. The summed E-state index contributed by atoms with van der Waals surface area (Å²) in [6, 6.07) is 1.60. The molecule has 0 atom stereocenters. The molecule has 0 amide bonds. The summed E-state index contributed by atoms with van der Waals surface area (Å²) in [5.41, 5.74) is 0.536. The number of carbonyl (C=O) groups is 1. The smallest absolute Gasteiger partial charge is 0.328 e. The van der Waals surface area contributed by atoms with E-state index in [1.165, 1.54) is 29.8 Å². The molecule has 106 valence electrons. The van der Waals surface area contributed by atoms with E-state index < -0.39 is 5.97 Å². The predicted molar refractivity (Wildman–Crippen MR) is 79.1 cm³/mol. The van der Waals surface area contributed by atoms with E-state index in [2.05, 4.69) is 9.97 Å². The predicted octanol–water partition coefficient (Wildman–Crippen LogP) is 3.33. The molecule has 3 rings (SSSR count). The van der Waals surface area contributed by atoms with Gasteiger partial charge in [0.15, 0.2) is 4.96 Å². The number of rotatable bonds is 4. The van der Waals surface area contributed by atoms with Crippen molar-refractivity contribution in [2.45, 2.75) is 0 Å². The minimum absolute atomic E-state index is 0.295. The largest absolute Gasteiger partial charge is 0.478 e. The molecule has 0 saturated heterocycles. The van der Waals surface area contributed by atoms with Gasteiger partial charge in [0.05, 0.1) is 11.2 Å². The monoisotopic (exact) mass is 321 g/mol. The highest BCUT2D eigenvalue weighted by Gasteiger charge is 2.13. The number of hydrogen-bond acceptors (Lipinski definition) is 5. The molecule has 3 aromatic heterocycles. The lowest BCUT2D eigenvalue weighted by Gasteiger charge is -2.03. The number of carboxylic acid groups (broad SMARTS) is 1. The summed E-state index contributed by atoms with van der Waals surface area (Å²) >= 11 is 7.27.